The minimum absolute atomic E-state index is 0.244. The third kappa shape index (κ3) is 2.79. The molecule has 18 heavy (non-hydrogen) atoms. The average molecular weight is 248 g/mol. The smallest absolute Gasteiger partial charge is 0.131 e. The van der Waals surface area contributed by atoms with Crippen LogP contribution < -0.4 is 4.74 Å². The second-order valence-electron chi connectivity index (χ2n) is 4.55. The molecule has 0 heterocycles. The van der Waals surface area contributed by atoms with Crippen LogP contribution in [0.5, 0.6) is 5.75 Å². The summed E-state index contributed by atoms with van der Waals surface area (Å²) in [5.41, 5.74) is 0.908. The Balaban J connectivity index is 2.37. The first-order valence-corrected chi connectivity index (χ1v) is 6.04. The van der Waals surface area contributed by atoms with Gasteiger partial charge in [0.15, 0.2) is 0 Å². The second-order valence-corrected chi connectivity index (χ2v) is 4.55. The van der Waals surface area contributed by atoms with Crippen LogP contribution in [0.15, 0.2) is 30.3 Å². The predicted octanol–water partition coefficient (Wildman–Crippen LogP) is 3.30. The summed E-state index contributed by atoms with van der Waals surface area (Å²) in [6.07, 6.45) is 0.956. The molecular weight excluding hydrogens is 231 g/mol. The SMILES string of the molecule is COc1ccc2cc(CCC(C)O)cc(F)c2c1. The van der Waals surface area contributed by atoms with Crippen molar-refractivity contribution in [3.05, 3.63) is 41.7 Å². The molecule has 2 rings (SSSR count). The Morgan fingerprint density at radius 1 is 1.28 bits per heavy atom. The van der Waals surface area contributed by atoms with E-state index in [0.717, 1.165) is 10.9 Å². The third-order valence-corrected chi connectivity index (χ3v) is 3.02. The fraction of sp³-hybridized carbons (Fsp3) is 0.333. The van der Waals surface area contributed by atoms with Crippen molar-refractivity contribution in [3.8, 4) is 5.75 Å². The van der Waals surface area contributed by atoms with Crippen molar-refractivity contribution in [3.63, 3.8) is 0 Å². The summed E-state index contributed by atoms with van der Waals surface area (Å²) in [6.45, 7) is 1.74. The van der Waals surface area contributed by atoms with Crippen LogP contribution in [0.25, 0.3) is 10.8 Å². The minimum Gasteiger partial charge on any atom is -0.497 e. The van der Waals surface area contributed by atoms with E-state index in [1.807, 2.05) is 18.2 Å². The number of aliphatic hydroxyl groups is 1. The molecule has 0 amide bonds. The molecule has 2 aromatic rings. The first-order chi connectivity index (χ1) is 8.60. The standard InChI is InChI=1S/C15H17FO2/c1-10(17)3-4-11-7-12-5-6-13(18-2)9-14(12)15(16)8-11/h5-10,17H,3-4H2,1-2H3. The molecule has 0 radical (unpaired) electrons. The van der Waals surface area contributed by atoms with Crippen molar-refractivity contribution < 1.29 is 14.2 Å². The predicted molar refractivity (Wildman–Crippen MR) is 70.5 cm³/mol. The number of benzene rings is 2. The molecule has 0 fully saturated rings. The quantitative estimate of drug-likeness (QED) is 0.899. The summed E-state index contributed by atoms with van der Waals surface area (Å²) < 4.78 is 19.1. The number of methoxy groups -OCH3 is 1. The lowest BCUT2D eigenvalue weighted by Gasteiger charge is -2.08. The molecule has 0 aliphatic carbocycles. The van der Waals surface area contributed by atoms with Gasteiger partial charge in [0.2, 0.25) is 0 Å². The molecule has 0 bridgehead atoms. The van der Waals surface area contributed by atoms with Crippen molar-refractivity contribution in [2.45, 2.75) is 25.9 Å². The van der Waals surface area contributed by atoms with E-state index in [2.05, 4.69) is 0 Å². The first-order valence-electron chi connectivity index (χ1n) is 6.04. The number of hydrogen-bond acceptors (Lipinski definition) is 2. The van der Waals surface area contributed by atoms with Gasteiger partial charge in [0, 0.05) is 5.39 Å². The summed E-state index contributed by atoms with van der Waals surface area (Å²) in [6, 6.07) is 8.86. The van der Waals surface area contributed by atoms with Crippen LogP contribution in [-0.4, -0.2) is 18.3 Å². The summed E-state index contributed by atoms with van der Waals surface area (Å²) in [7, 11) is 1.57. The number of aryl methyl sites for hydroxylation is 1. The van der Waals surface area contributed by atoms with Crippen LogP contribution in [0, 0.1) is 5.82 Å². The zero-order valence-electron chi connectivity index (χ0n) is 10.6. The van der Waals surface area contributed by atoms with Gasteiger partial charge < -0.3 is 9.84 Å². The Morgan fingerprint density at radius 2 is 2.06 bits per heavy atom. The highest BCUT2D eigenvalue weighted by Crippen LogP contribution is 2.25. The number of halogens is 1. The number of hydrogen-bond donors (Lipinski definition) is 1. The maximum atomic E-state index is 14.0. The molecule has 3 heteroatoms. The van der Waals surface area contributed by atoms with Crippen molar-refractivity contribution >= 4 is 10.8 Å². The lowest BCUT2D eigenvalue weighted by Crippen LogP contribution is -2.01. The summed E-state index contributed by atoms with van der Waals surface area (Å²) in [5, 5.41) is 10.7. The second kappa shape index (κ2) is 5.36. The van der Waals surface area contributed by atoms with Crippen molar-refractivity contribution in [1.29, 1.82) is 0 Å². The summed E-state index contributed by atoms with van der Waals surface area (Å²) in [5.74, 6) is 0.408. The van der Waals surface area contributed by atoms with Gasteiger partial charge in [-0.05, 0) is 48.9 Å². The highest BCUT2D eigenvalue weighted by molar-refractivity contribution is 5.85. The van der Waals surface area contributed by atoms with Gasteiger partial charge in [-0.15, -0.1) is 0 Å². The van der Waals surface area contributed by atoms with Gasteiger partial charge in [-0.1, -0.05) is 12.1 Å². The van der Waals surface area contributed by atoms with Crippen LogP contribution in [-0.2, 0) is 6.42 Å². The van der Waals surface area contributed by atoms with E-state index in [0.29, 0.717) is 24.0 Å². The summed E-state index contributed by atoms with van der Waals surface area (Å²) >= 11 is 0. The lowest BCUT2D eigenvalue weighted by atomic mass is 10.0. The third-order valence-electron chi connectivity index (χ3n) is 3.02. The number of ether oxygens (including phenoxy) is 1. The van der Waals surface area contributed by atoms with E-state index in [-0.39, 0.29) is 11.9 Å². The van der Waals surface area contributed by atoms with Crippen molar-refractivity contribution in [1.82, 2.24) is 0 Å². The van der Waals surface area contributed by atoms with E-state index in [1.165, 1.54) is 6.07 Å². The Labute approximate surface area is 106 Å². The lowest BCUT2D eigenvalue weighted by molar-refractivity contribution is 0.185. The Hall–Kier alpha value is -1.61. The highest BCUT2D eigenvalue weighted by atomic mass is 19.1. The zero-order valence-corrected chi connectivity index (χ0v) is 10.6. The van der Waals surface area contributed by atoms with Crippen LogP contribution in [0.4, 0.5) is 4.39 Å². The van der Waals surface area contributed by atoms with Gasteiger partial charge >= 0.3 is 0 Å². The van der Waals surface area contributed by atoms with Crippen LogP contribution in [0.2, 0.25) is 0 Å². The molecule has 0 saturated carbocycles. The molecule has 0 aliphatic rings. The summed E-state index contributed by atoms with van der Waals surface area (Å²) in [4.78, 5) is 0. The van der Waals surface area contributed by atoms with Crippen molar-refractivity contribution in [2.24, 2.45) is 0 Å². The Kier molecular flexibility index (Phi) is 3.82. The Morgan fingerprint density at radius 3 is 2.72 bits per heavy atom. The van der Waals surface area contributed by atoms with Gasteiger partial charge in [-0.3, -0.25) is 0 Å². The van der Waals surface area contributed by atoms with Gasteiger partial charge in [0.25, 0.3) is 0 Å². The normalized spacial score (nSPS) is 12.7. The first kappa shape index (κ1) is 12.8. The van der Waals surface area contributed by atoms with E-state index >= 15 is 0 Å². The highest BCUT2D eigenvalue weighted by Gasteiger charge is 2.06. The van der Waals surface area contributed by atoms with Crippen LogP contribution in [0.3, 0.4) is 0 Å². The fourth-order valence-electron chi connectivity index (χ4n) is 2.00. The molecule has 0 aliphatic heterocycles. The van der Waals surface area contributed by atoms with E-state index in [4.69, 9.17) is 4.74 Å². The van der Waals surface area contributed by atoms with Gasteiger partial charge in [0.05, 0.1) is 13.2 Å². The molecule has 1 unspecified atom stereocenters. The number of rotatable bonds is 4. The van der Waals surface area contributed by atoms with E-state index in [9.17, 15) is 9.50 Å². The molecule has 2 nitrogen and oxygen atoms in total. The molecule has 2 aromatic carbocycles. The Bertz CT molecular complexity index is 549. The maximum Gasteiger partial charge on any atom is 0.131 e. The molecule has 1 N–H and O–H groups in total. The molecular formula is C15H17FO2. The van der Waals surface area contributed by atoms with E-state index in [1.54, 1.807) is 20.1 Å². The molecule has 1 atom stereocenters. The van der Waals surface area contributed by atoms with Gasteiger partial charge in [0.1, 0.15) is 11.6 Å². The zero-order chi connectivity index (χ0) is 13.1. The minimum atomic E-state index is -0.361. The molecule has 96 valence electrons. The number of aliphatic hydroxyl groups excluding tert-OH is 1. The molecule has 0 saturated heterocycles. The average Bonchev–Trinajstić information content (AvgIpc) is 2.36. The number of fused-ring (bicyclic) bond motifs is 1. The maximum absolute atomic E-state index is 14.0. The fourth-order valence-corrected chi connectivity index (χ4v) is 2.00. The molecule has 0 aromatic heterocycles. The molecule has 0 spiro atoms. The van der Waals surface area contributed by atoms with Crippen LogP contribution in [0.1, 0.15) is 18.9 Å². The van der Waals surface area contributed by atoms with Gasteiger partial charge in [-0.2, -0.15) is 0 Å². The largest absolute Gasteiger partial charge is 0.497 e. The monoisotopic (exact) mass is 248 g/mol. The van der Waals surface area contributed by atoms with Crippen molar-refractivity contribution in [2.75, 3.05) is 7.11 Å². The van der Waals surface area contributed by atoms with E-state index < -0.39 is 0 Å². The van der Waals surface area contributed by atoms with Gasteiger partial charge in [-0.25, -0.2) is 4.39 Å². The van der Waals surface area contributed by atoms with Crippen LogP contribution >= 0.6 is 0 Å². The topological polar surface area (TPSA) is 29.5 Å².